The Bertz CT molecular complexity index is 1260. The van der Waals surface area contributed by atoms with Crippen molar-refractivity contribution in [2.45, 2.75) is 44.1 Å². The van der Waals surface area contributed by atoms with Gasteiger partial charge in [0, 0.05) is 48.0 Å². The minimum Gasteiger partial charge on any atom is -0.380 e. The average Bonchev–Trinajstić information content (AvgIpc) is 3.15. The van der Waals surface area contributed by atoms with Crippen LogP contribution in [0.3, 0.4) is 0 Å². The van der Waals surface area contributed by atoms with Gasteiger partial charge in [-0.3, -0.25) is 14.2 Å². The maximum atomic E-state index is 15.5. The summed E-state index contributed by atoms with van der Waals surface area (Å²) >= 11 is 0. The number of rotatable bonds is 7. The lowest BCUT2D eigenvalue weighted by Crippen LogP contribution is -2.54. The molecule has 0 aliphatic carbocycles. The number of benzene rings is 2. The fourth-order valence-corrected chi connectivity index (χ4v) is 5.60. The van der Waals surface area contributed by atoms with Crippen LogP contribution in [0.25, 0.3) is 10.9 Å². The summed E-state index contributed by atoms with van der Waals surface area (Å²) in [6.45, 7) is 1.55. The van der Waals surface area contributed by atoms with Gasteiger partial charge < -0.3 is 10.3 Å². The molecule has 37 heavy (non-hydrogen) atoms. The minimum atomic E-state index is -4.62. The molecule has 3 aromatic rings. The first kappa shape index (κ1) is 25.8. The van der Waals surface area contributed by atoms with Crippen LogP contribution in [-0.2, 0) is 6.42 Å². The molecular formula is C26H27F7N4. The normalized spacial score (nSPS) is 21.3. The van der Waals surface area contributed by atoms with Crippen molar-refractivity contribution < 1.29 is 30.7 Å². The first-order valence-electron chi connectivity index (χ1n) is 12.2. The molecule has 2 aliphatic heterocycles. The summed E-state index contributed by atoms with van der Waals surface area (Å²) in [6, 6.07) is 4.29. The molecule has 0 saturated carbocycles. The Labute approximate surface area is 209 Å². The maximum Gasteiger partial charge on any atom is 0.401 e. The van der Waals surface area contributed by atoms with Crippen LogP contribution < -0.4 is 5.32 Å². The molecule has 0 unspecified atom stereocenters. The molecule has 2 atom stereocenters. The number of likely N-dealkylation sites (tertiary alicyclic amines) is 1. The molecule has 0 radical (unpaired) electrons. The van der Waals surface area contributed by atoms with Gasteiger partial charge in [0.25, 0.3) is 0 Å². The largest absolute Gasteiger partial charge is 0.401 e. The Morgan fingerprint density at radius 1 is 1.05 bits per heavy atom. The summed E-state index contributed by atoms with van der Waals surface area (Å²) in [6.07, 6.45) is -4.04. The van der Waals surface area contributed by atoms with Gasteiger partial charge in [-0.2, -0.15) is 13.2 Å². The van der Waals surface area contributed by atoms with E-state index in [9.17, 15) is 22.0 Å². The Hall–Kier alpha value is -2.79. The molecule has 0 spiro atoms. The van der Waals surface area contributed by atoms with E-state index in [1.54, 1.807) is 13.0 Å². The number of hydrogen-bond acceptors (Lipinski definition) is 3. The Morgan fingerprint density at radius 3 is 2.41 bits per heavy atom. The summed E-state index contributed by atoms with van der Waals surface area (Å²) < 4.78 is 98.7. The molecule has 200 valence electrons. The van der Waals surface area contributed by atoms with Crippen LogP contribution in [0, 0.1) is 17.5 Å². The molecule has 5 rings (SSSR count). The lowest BCUT2D eigenvalue weighted by molar-refractivity contribution is -0.155. The number of anilines is 1. The van der Waals surface area contributed by atoms with Crippen molar-refractivity contribution in [1.29, 1.82) is 0 Å². The third-order valence-electron chi connectivity index (χ3n) is 7.24. The number of halogens is 7. The lowest BCUT2D eigenvalue weighted by atomic mass is 9.88. The van der Waals surface area contributed by atoms with Crippen LogP contribution in [-0.4, -0.2) is 65.9 Å². The molecule has 1 fully saturated rings. The van der Waals surface area contributed by atoms with E-state index >= 15 is 8.78 Å². The molecular weight excluding hydrogens is 501 g/mol. The molecule has 2 N–H and O–H groups in total. The Balaban J connectivity index is 1.52. The average molecular weight is 529 g/mol. The van der Waals surface area contributed by atoms with Gasteiger partial charge in [0.1, 0.15) is 17.5 Å². The first-order chi connectivity index (χ1) is 17.6. The van der Waals surface area contributed by atoms with Crippen LogP contribution >= 0.6 is 0 Å². The van der Waals surface area contributed by atoms with E-state index in [1.807, 2.05) is 4.90 Å². The molecule has 2 aliphatic rings. The van der Waals surface area contributed by atoms with E-state index in [4.69, 9.17) is 0 Å². The second-order valence-electron chi connectivity index (χ2n) is 9.92. The molecule has 3 heterocycles. The number of hydrogen-bond donors (Lipinski definition) is 2. The molecule has 1 saturated heterocycles. The van der Waals surface area contributed by atoms with Crippen LogP contribution in [0.4, 0.5) is 36.4 Å². The van der Waals surface area contributed by atoms with Crippen molar-refractivity contribution in [3.63, 3.8) is 0 Å². The number of fused-ring (bicyclic) bond motifs is 3. The zero-order valence-electron chi connectivity index (χ0n) is 20.1. The maximum absolute atomic E-state index is 15.5. The van der Waals surface area contributed by atoms with Gasteiger partial charge in [-0.1, -0.05) is 12.1 Å². The summed E-state index contributed by atoms with van der Waals surface area (Å²) in [4.78, 5) is 5.87. The Morgan fingerprint density at radius 2 is 1.76 bits per heavy atom. The van der Waals surface area contributed by atoms with Crippen molar-refractivity contribution in [3.8, 4) is 0 Å². The second kappa shape index (κ2) is 9.83. The molecule has 2 aromatic carbocycles. The van der Waals surface area contributed by atoms with E-state index < -0.39 is 54.5 Å². The van der Waals surface area contributed by atoms with Crippen molar-refractivity contribution in [3.05, 3.63) is 64.6 Å². The van der Waals surface area contributed by atoms with E-state index in [2.05, 4.69) is 10.3 Å². The van der Waals surface area contributed by atoms with Crippen molar-refractivity contribution in [2.75, 3.05) is 38.2 Å². The van der Waals surface area contributed by atoms with Gasteiger partial charge in [-0.25, -0.2) is 13.2 Å². The van der Waals surface area contributed by atoms with Crippen LogP contribution in [0.1, 0.15) is 36.2 Å². The van der Waals surface area contributed by atoms with Crippen LogP contribution in [0.15, 0.2) is 30.3 Å². The fourth-order valence-electron chi connectivity index (χ4n) is 5.60. The number of aromatic nitrogens is 1. The quantitative estimate of drug-likeness (QED) is 0.373. The summed E-state index contributed by atoms with van der Waals surface area (Å²) in [5, 5.41) is 3.52. The van der Waals surface area contributed by atoms with E-state index in [-0.39, 0.29) is 29.4 Å². The SMILES string of the molecule is C[C@@H]1Cc2c([nH]c3c(F)cccc23)[C@@H](c2c(F)cc(NC3CN(CCCF)C3)cc2F)N1CC(F)(F)F. The lowest BCUT2D eigenvalue weighted by Gasteiger charge is -2.41. The highest BCUT2D eigenvalue weighted by Crippen LogP contribution is 2.44. The molecule has 0 bridgehead atoms. The number of para-hydroxylation sites is 1. The zero-order valence-corrected chi connectivity index (χ0v) is 20.1. The summed E-state index contributed by atoms with van der Waals surface area (Å²) in [5.74, 6) is -2.58. The van der Waals surface area contributed by atoms with Gasteiger partial charge >= 0.3 is 6.18 Å². The predicted molar refractivity (Wildman–Crippen MR) is 127 cm³/mol. The van der Waals surface area contributed by atoms with E-state index in [1.165, 1.54) is 12.1 Å². The molecule has 4 nitrogen and oxygen atoms in total. The smallest absolute Gasteiger partial charge is 0.380 e. The van der Waals surface area contributed by atoms with Crippen molar-refractivity contribution in [2.24, 2.45) is 0 Å². The van der Waals surface area contributed by atoms with Crippen LogP contribution in [0.2, 0.25) is 0 Å². The summed E-state index contributed by atoms with van der Waals surface area (Å²) in [7, 11) is 0. The third kappa shape index (κ3) is 5.03. The number of nitrogens with one attached hydrogen (secondary N) is 2. The highest BCUT2D eigenvalue weighted by molar-refractivity contribution is 5.86. The monoisotopic (exact) mass is 528 g/mol. The predicted octanol–water partition coefficient (Wildman–Crippen LogP) is 5.94. The Kier molecular flexibility index (Phi) is 6.86. The van der Waals surface area contributed by atoms with Gasteiger partial charge in [0.05, 0.1) is 30.8 Å². The van der Waals surface area contributed by atoms with Gasteiger partial charge in [0.2, 0.25) is 0 Å². The van der Waals surface area contributed by atoms with Crippen molar-refractivity contribution in [1.82, 2.24) is 14.8 Å². The number of H-pyrrole nitrogens is 1. The standard InChI is InChI=1S/C26H27F7N4/c1-14-8-18-17-4-2-5-19(28)23(17)35-24(18)25(37(14)13-26(31,32)33)22-20(29)9-15(10-21(22)30)34-16-11-36(12-16)7-3-6-27/h2,4-5,9-10,14,16,25,34-35H,3,6-8,11-13H2,1H3/t14-,25-/m1/s1. The van der Waals surface area contributed by atoms with E-state index in [0.29, 0.717) is 37.0 Å². The second-order valence-corrected chi connectivity index (χ2v) is 9.92. The minimum absolute atomic E-state index is 0.0797. The molecule has 11 heteroatoms. The molecule has 0 amide bonds. The highest BCUT2D eigenvalue weighted by atomic mass is 19.4. The topological polar surface area (TPSA) is 34.3 Å². The zero-order chi connectivity index (χ0) is 26.5. The number of alkyl halides is 4. The van der Waals surface area contributed by atoms with Gasteiger partial charge in [0.15, 0.2) is 0 Å². The molecule has 1 aromatic heterocycles. The first-order valence-corrected chi connectivity index (χ1v) is 12.2. The number of aromatic amines is 1. The van der Waals surface area contributed by atoms with Crippen LogP contribution in [0.5, 0.6) is 0 Å². The van der Waals surface area contributed by atoms with Crippen molar-refractivity contribution >= 4 is 16.6 Å². The van der Waals surface area contributed by atoms with Gasteiger partial charge in [-0.15, -0.1) is 0 Å². The third-order valence-corrected chi connectivity index (χ3v) is 7.24. The van der Waals surface area contributed by atoms with E-state index in [0.717, 1.165) is 17.0 Å². The fraction of sp³-hybridized carbons (Fsp3) is 0.462. The highest BCUT2D eigenvalue weighted by Gasteiger charge is 2.44. The number of nitrogens with zero attached hydrogens (tertiary/aromatic N) is 2. The van der Waals surface area contributed by atoms with Gasteiger partial charge in [-0.05, 0) is 43.5 Å². The summed E-state index contributed by atoms with van der Waals surface area (Å²) in [5.41, 5.74) is 0.452.